The third-order valence-corrected chi connectivity index (χ3v) is 2.95. The van der Waals surface area contributed by atoms with Gasteiger partial charge < -0.3 is 9.64 Å². The topological polar surface area (TPSA) is 46.6 Å². The Morgan fingerprint density at radius 3 is 2.88 bits per heavy atom. The number of esters is 1. The van der Waals surface area contributed by atoms with E-state index in [1.54, 1.807) is 31.0 Å². The minimum Gasteiger partial charge on any atom is -0.426 e. The highest BCUT2D eigenvalue weighted by atomic mass is 16.5. The summed E-state index contributed by atoms with van der Waals surface area (Å²) < 4.78 is 5.27. The Kier molecular flexibility index (Phi) is 3.13. The van der Waals surface area contributed by atoms with E-state index in [0.717, 1.165) is 11.3 Å². The van der Waals surface area contributed by atoms with Crippen LogP contribution in [-0.4, -0.2) is 18.9 Å². The second kappa shape index (κ2) is 4.57. The number of hydrogen-bond donors (Lipinski definition) is 0. The molecule has 4 nitrogen and oxygen atoms in total. The summed E-state index contributed by atoms with van der Waals surface area (Å²) in [4.78, 5) is 24.5. The molecule has 4 heteroatoms. The van der Waals surface area contributed by atoms with Gasteiger partial charge in [-0.25, -0.2) is 0 Å². The number of rotatable bonds is 2. The van der Waals surface area contributed by atoms with E-state index in [1.807, 2.05) is 6.07 Å². The molecular formula is C13H15NO3. The van der Waals surface area contributed by atoms with Crippen LogP contribution in [0.25, 0.3) is 0 Å². The smallest absolute Gasteiger partial charge is 0.310 e. The molecule has 0 aliphatic carbocycles. The monoisotopic (exact) mass is 233 g/mol. The second-order valence-corrected chi connectivity index (χ2v) is 4.03. The van der Waals surface area contributed by atoms with E-state index < -0.39 is 0 Å². The molecular weight excluding hydrogens is 218 g/mol. The van der Waals surface area contributed by atoms with Crippen molar-refractivity contribution in [2.24, 2.45) is 0 Å². The van der Waals surface area contributed by atoms with Gasteiger partial charge in [-0.3, -0.25) is 9.59 Å². The summed E-state index contributed by atoms with van der Waals surface area (Å²) in [5.41, 5.74) is 1.78. The molecule has 17 heavy (non-hydrogen) atoms. The van der Waals surface area contributed by atoms with Crippen molar-refractivity contribution in [3.05, 3.63) is 23.8 Å². The first-order valence-corrected chi connectivity index (χ1v) is 5.72. The van der Waals surface area contributed by atoms with Gasteiger partial charge in [-0.1, -0.05) is 13.0 Å². The molecule has 0 fully saturated rings. The number of amides is 1. The van der Waals surface area contributed by atoms with Crippen LogP contribution in [0, 0.1) is 0 Å². The standard InChI is InChI=1S/C13H15NO3/c1-3-13(16)17-11-6-4-5-10-9(11)7-8-12(15)14(10)2/h4-6H,3,7-8H2,1-2H3. The fraction of sp³-hybridized carbons (Fsp3) is 0.385. The first kappa shape index (κ1) is 11.6. The van der Waals surface area contributed by atoms with Crippen LogP contribution in [0.2, 0.25) is 0 Å². The summed E-state index contributed by atoms with van der Waals surface area (Å²) in [6, 6.07) is 5.44. The molecule has 0 saturated heterocycles. The van der Waals surface area contributed by atoms with E-state index in [-0.39, 0.29) is 11.9 Å². The minimum atomic E-state index is -0.252. The van der Waals surface area contributed by atoms with Gasteiger partial charge in [0.15, 0.2) is 0 Å². The maximum absolute atomic E-state index is 11.6. The zero-order valence-electron chi connectivity index (χ0n) is 10.0. The van der Waals surface area contributed by atoms with Crippen molar-refractivity contribution in [2.45, 2.75) is 26.2 Å². The molecule has 1 aliphatic rings. The van der Waals surface area contributed by atoms with Gasteiger partial charge in [-0.2, -0.15) is 0 Å². The normalized spacial score (nSPS) is 14.5. The molecule has 0 unspecified atom stereocenters. The van der Waals surface area contributed by atoms with E-state index in [4.69, 9.17) is 4.74 Å². The second-order valence-electron chi connectivity index (χ2n) is 4.03. The fourth-order valence-electron chi connectivity index (χ4n) is 1.94. The molecule has 0 atom stereocenters. The van der Waals surface area contributed by atoms with E-state index in [9.17, 15) is 9.59 Å². The third-order valence-electron chi connectivity index (χ3n) is 2.95. The quantitative estimate of drug-likeness (QED) is 0.579. The van der Waals surface area contributed by atoms with Crippen LogP contribution in [-0.2, 0) is 16.0 Å². The summed E-state index contributed by atoms with van der Waals surface area (Å²) in [6.07, 6.45) is 1.44. The number of carbonyl (C=O) groups is 2. The van der Waals surface area contributed by atoms with Gasteiger partial charge in [-0.05, 0) is 18.6 Å². The molecule has 1 aromatic carbocycles. The highest BCUT2D eigenvalue weighted by Gasteiger charge is 2.23. The van der Waals surface area contributed by atoms with Crippen molar-refractivity contribution >= 4 is 17.6 Å². The number of carbonyl (C=O) groups excluding carboxylic acids is 2. The van der Waals surface area contributed by atoms with Gasteiger partial charge >= 0.3 is 5.97 Å². The fourth-order valence-corrected chi connectivity index (χ4v) is 1.94. The first-order valence-electron chi connectivity index (χ1n) is 5.72. The Labute approximate surface area is 100 Å². The number of ether oxygens (including phenoxy) is 1. The summed E-state index contributed by atoms with van der Waals surface area (Å²) in [5.74, 6) is 0.420. The predicted molar refractivity (Wildman–Crippen MR) is 64.1 cm³/mol. The average molecular weight is 233 g/mol. The lowest BCUT2D eigenvalue weighted by Crippen LogP contribution is -2.31. The van der Waals surface area contributed by atoms with Crippen LogP contribution >= 0.6 is 0 Å². The van der Waals surface area contributed by atoms with Crippen LogP contribution in [0.1, 0.15) is 25.3 Å². The van der Waals surface area contributed by atoms with Crippen molar-refractivity contribution in [3.63, 3.8) is 0 Å². The zero-order valence-corrected chi connectivity index (χ0v) is 10.0. The molecule has 1 amide bonds. The third kappa shape index (κ3) is 2.16. The van der Waals surface area contributed by atoms with E-state index in [2.05, 4.69) is 0 Å². The molecule has 0 bridgehead atoms. The molecule has 0 N–H and O–H groups in total. The lowest BCUT2D eigenvalue weighted by atomic mass is 10.0. The first-order chi connectivity index (χ1) is 8.13. The SMILES string of the molecule is CCC(=O)Oc1cccc2c1CCC(=O)N2C. The molecule has 2 rings (SSSR count). The van der Waals surface area contributed by atoms with Crippen LogP contribution in [0.5, 0.6) is 5.75 Å². The minimum absolute atomic E-state index is 0.0940. The summed E-state index contributed by atoms with van der Waals surface area (Å²) in [6.45, 7) is 1.76. The highest BCUT2D eigenvalue weighted by molar-refractivity contribution is 5.96. The maximum atomic E-state index is 11.6. The molecule has 1 aliphatic heterocycles. The van der Waals surface area contributed by atoms with Crippen molar-refractivity contribution in [1.29, 1.82) is 0 Å². The molecule has 1 aromatic rings. The summed E-state index contributed by atoms with van der Waals surface area (Å²) >= 11 is 0. The Morgan fingerprint density at radius 2 is 2.18 bits per heavy atom. The Morgan fingerprint density at radius 1 is 1.41 bits per heavy atom. The van der Waals surface area contributed by atoms with E-state index >= 15 is 0 Å². The molecule has 0 spiro atoms. The van der Waals surface area contributed by atoms with Crippen molar-refractivity contribution in [2.75, 3.05) is 11.9 Å². The Bertz CT molecular complexity index is 468. The number of anilines is 1. The van der Waals surface area contributed by atoms with Crippen LogP contribution in [0.3, 0.4) is 0 Å². The van der Waals surface area contributed by atoms with Crippen LogP contribution < -0.4 is 9.64 Å². The van der Waals surface area contributed by atoms with Crippen LogP contribution in [0.15, 0.2) is 18.2 Å². The van der Waals surface area contributed by atoms with Crippen LogP contribution in [0.4, 0.5) is 5.69 Å². The van der Waals surface area contributed by atoms with Gasteiger partial charge in [0, 0.05) is 25.5 Å². The molecule has 0 radical (unpaired) electrons. The largest absolute Gasteiger partial charge is 0.426 e. The summed E-state index contributed by atoms with van der Waals surface area (Å²) in [7, 11) is 1.74. The van der Waals surface area contributed by atoms with Crippen molar-refractivity contribution in [3.8, 4) is 5.75 Å². The Hall–Kier alpha value is -1.84. The molecule has 0 aromatic heterocycles. The van der Waals surface area contributed by atoms with E-state index in [0.29, 0.717) is 25.0 Å². The lowest BCUT2D eigenvalue weighted by molar-refractivity contribution is -0.134. The molecule has 0 saturated carbocycles. The average Bonchev–Trinajstić information content (AvgIpc) is 2.34. The number of benzene rings is 1. The number of hydrogen-bond acceptors (Lipinski definition) is 3. The van der Waals surface area contributed by atoms with Gasteiger partial charge in [-0.15, -0.1) is 0 Å². The Balaban J connectivity index is 2.37. The lowest BCUT2D eigenvalue weighted by Gasteiger charge is -2.26. The van der Waals surface area contributed by atoms with Crippen molar-refractivity contribution in [1.82, 2.24) is 0 Å². The maximum Gasteiger partial charge on any atom is 0.310 e. The number of fused-ring (bicyclic) bond motifs is 1. The summed E-state index contributed by atoms with van der Waals surface area (Å²) in [5, 5.41) is 0. The molecule has 90 valence electrons. The van der Waals surface area contributed by atoms with Gasteiger partial charge in [0.25, 0.3) is 0 Å². The van der Waals surface area contributed by atoms with Gasteiger partial charge in [0.1, 0.15) is 5.75 Å². The highest BCUT2D eigenvalue weighted by Crippen LogP contribution is 2.33. The molecule has 1 heterocycles. The van der Waals surface area contributed by atoms with Gasteiger partial charge in [0.05, 0.1) is 5.69 Å². The van der Waals surface area contributed by atoms with Crippen molar-refractivity contribution < 1.29 is 14.3 Å². The number of nitrogens with zero attached hydrogens (tertiary/aromatic N) is 1. The van der Waals surface area contributed by atoms with Gasteiger partial charge in [0.2, 0.25) is 5.91 Å². The predicted octanol–water partition coefficient (Wildman–Crippen LogP) is 1.91. The van der Waals surface area contributed by atoms with E-state index in [1.165, 1.54) is 0 Å². The zero-order chi connectivity index (χ0) is 12.4.